The number of rotatable bonds is 20. The highest BCUT2D eigenvalue weighted by Crippen LogP contribution is 2.38. The molecule has 3 rings (SSSR count). The van der Waals surface area contributed by atoms with Crippen molar-refractivity contribution in [1.82, 2.24) is 0 Å². The predicted molar refractivity (Wildman–Crippen MR) is 174 cm³/mol. The van der Waals surface area contributed by atoms with Crippen LogP contribution in [0.15, 0.2) is 36.4 Å². The Balaban J connectivity index is 1.90. The lowest BCUT2D eigenvalue weighted by molar-refractivity contribution is -0.923. The van der Waals surface area contributed by atoms with Gasteiger partial charge in [-0.1, -0.05) is 95.9 Å². The van der Waals surface area contributed by atoms with E-state index in [1.54, 1.807) is 16.5 Å². The van der Waals surface area contributed by atoms with Crippen molar-refractivity contribution in [3.8, 4) is 0 Å². The van der Waals surface area contributed by atoms with Gasteiger partial charge in [0, 0.05) is 5.56 Å². The molecule has 1 aliphatic rings. The van der Waals surface area contributed by atoms with Crippen molar-refractivity contribution < 1.29 is 8.97 Å². The second-order valence-electron chi connectivity index (χ2n) is 13.4. The van der Waals surface area contributed by atoms with Gasteiger partial charge in [0.15, 0.2) is 0 Å². The van der Waals surface area contributed by atoms with Gasteiger partial charge < -0.3 is 8.97 Å². The van der Waals surface area contributed by atoms with Gasteiger partial charge in [-0.25, -0.2) is 0 Å². The quantitative estimate of drug-likeness (QED) is 0.117. The Morgan fingerprint density at radius 2 is 1.15 bits per heavy atom. The normalized spacial score (nSPS) is 15.4. The number of unbranched alkanes of at least 4 members (excludes halogenated alkanes) is 8. The number of hydrogen-bond acceptors (Lipinski definition) is 0. The van der Waals surface area contributed by atoms with Crippen LogP contribution in [0.4, 0.5) is 0 Å². The van der Waals surface area contributed by atoms with Crippen molar-refractivity contribution in [2.24, 2.45) is 0 Å². The fourth-order valence-corrected chi connectivity index (χ4v) is 7.02. The van der Waals surface area contributed by atoms with Gasteiger partial charge in [0.05, 0.1) is 52.7 Å². The minimum absolute atomic E-state index is 0.514. The first-order valence-corrected chi connectivity index (χ1v) is 16.8. The smallest absolute Gasteiger partial charge is 0.105 e. The molecule has 0 amide bonds. The summed E-state index contributed by atoms with van der Waals surface area (Å²) < 4.78 is 2.39. The van der Waals surface area contributed by atoms with E-state index in [2.05, 4.69) is 84.3 Å². The fraction of sp³-hybridized carbons (Fsp3) is 0.676. The molecule has 1 aliphatic carbocycles. The molecule has 2 heteroatoms. The summed E-state index contributed by atoms with van der Waals surface area (Å²) in [5.74, 6) is 0.514. The third-order valence-corrected chi connectivity index (χ3v) is 9.50. The van der Waals surface area contributed by atoms with Crippen LogP contribution in [0.3, 0.4) is 0 Å². The van der Waals surface area contributed by atoms with Crippen molar-refractivity contribution in [1.29, 1.82) is 0 Å². The Hall–Kier alpha value is -1.64. The third-order valence-electron chi connectivity index (χ3n) is 9.50. The molecule has 0 saturated carbocycles. The summed E-state index contributed by atoms with van der Waals surface area (Å²) in [6.07, 6.45) is 21.1. The van der Waals surface area contributed by atoms with Crippen LogP contribution >= 0.6 is 0 Å². The SMILES string of the molecule is CCCCC[N+](C)(CCCCC)Cc1ccc2cccc3c2c1C=CC3C[N+](C)(CCCCC)CCCCC. The molecule has 0 aromatic heterocycles. The highest BCUT2D eigenvalue weighted by molar-refractivity contribution is 5.96. The number of quaternary nitrogens is 2. The summed E-state index contributed by atoms with van der Waals surface area (Å²) in [4.78, 5) is 0. The summed E-state index contributed by atoms with van der Waals surface area (Å²) in [6.45, 7) is 16.9. The number of nitrogens with zero attached hydrogens (tertiary/aromatic N) is 2. The minimum Gasteiger partial charge on any atom is -0.325 e. The zero-order chi connectivity index (χ0) is 28.1. The van der Waals surface area contributed by atoms with Crippen molar-refractivity contribution >= 4 is 16.8 Å². The first-order valence-electron chi connectivity index (χ1n) is 16.8. The summed E-state index contributed by atoms with van der Waals surface area (Å²) in [6, 6.07) is 12.0. The van der Waals surface area contributed by atoms with Crippen LogP contribution in [0, 0.1) is 0 Å². The lowest BCUT2D eigenvalue weighted by Gasteiger charge is -2.39. The highest BCUT2D eigenvalue weighted by atomic mass is 15.3. The van der Waals surface area contributed by atoms with Crippen molar-refractivity contribution in [3.05, 3.63) is 53.1 Å². The van der Waals surface area contributed by atoms with Gasteiger partial charge in [-0.2, -0.15) is 0 Å². The average molecular weight is 535 g/mol. The lowest BCUT2D eigenvalue weighted by atomic mass is 9.83. The highest BCUT2D eigenvalue weighted by Gasteiger charge is 2.30. The maximum Gasteiger partial charge on any atom is 0.105 e. The summed E-state index contributed by atoms with van der Waals surface area (Å²) >= 11 is 0. The van der Waals surface area contributed by atoms with Gasteiger partial charge in [0.25, 0.3) is 0 Å². The van der Waals surface area contributed by atoms with E-state index >= 15 is 0 Å². The Morgan fingerprint density at radius 1 is 0.615 bits per heavy atom. The molecule has 0 spiro atoms. The predicted octanol–water partition coefficient (Wildman–Crippen LogP) is 10.1. The van der Waals surface area contributed by atoms with Crippen molar-refractivity contribution in [3.63, 3.8) is 0 Å². The van der Waals surface area contributed by atoms with Gasteiger partial charge >= 0.3 is 0 Å². The van der Waals surface area contributed by atoms with Crippen LogP contribution in [0.5, 0.6) is 0 Å². The van der Waals surface area contributed by atoms with Crippen LogP contribution in [0.2, 0.25) is 0 Å². The molecule has 2 aromatic carbocycles. The first-order chi connectivity index (χ1) is 18.9. The van der Waals surface area contributed by atoms with E-state index < -0.39 is 0 Å². The minimum atomic E-state index is 0.514. The Morgan fingerprint density at radius 3 is 1.69 bits per heavy atom. The molecule has 39 heavy (non-hydrogen) atoms. The average Bonchev–Trinajstić information content (AvgIpc) is 2.92. The topological polar surface area (TPSA) is 0 Å². The van der Waals surface area contributed by atoms with E-state index in [1.807, 2.05) is 0 Å². The Kier molecular flexibility index (Phi) is 13.1. The molecule has 2 nitrogen and oxygen atoms in total. The maximum absolute atomic E-state index is 2.58. The molecule has 0 bridgehead atoms. The van der Waals surface area contributed by atoms with E-state index in [4.69, 9.17) is 0 Å². The summed E-state index contributed by atoms with van der Waals surface area (Å²) in [5, 5.41) is 2.97. The maximum atomic E-state index is 2.58. The van der Waals surface area contributed by atoms with Crippen molar-refractivity contribution in [2.45, 2.75) is 117 Å². The van der Waals surface area contributed by atoms with E-state index in [0.717, 1.165) is 6.54 Å². The standard InChI is InChI=1S/C37H62N2/c1-7-11-15-26-38(5,27-16-12-8-2)30-33-23-22-32-20-19-21-35-34(24-25-36(33)37(32)35)31-39(6,28-17-13-9-3)29-18-14-10-4/h19-25,34H,7-18,26-31H2,1-6H3/q+2. The van der Waals surface area contributed by atoms with Gasteiger partial charge in [-0.3, -0.25) is 0 Å². The van der Waals surface area contributed by atoms with E-state index in [1.165, 1.54) is 130 Å². The zero-order valence-electron chi connectivity index (χ0n) is 26.7. The van der Waals surface area contributed by atoms with Crippen LogP contribution < -0.4 is 0 Å². The zero-order valence-corrected chi connectivity index (χ0v) is 26.7. The molecule has 1 unspecified atom stereocenters. The first kappa shape index (κ1) is 31.9. The summed E-state index contributed by atoms with van der Waals surface area (Å²) in [7, 11) is 5.07. The van der Waals surface area contributed by atoms with E-state index in [-0.39, 0.29) is 0 Å². The van der Waals surface area contributed by atoms with Crippen LogP contribution in [0.1, 0.15) is 127 Å². The fourth-order valence-electron chi connectivity index (χ4n) is 7.02. The number of hydrogen-bond donors (Lipinski definition) is 0. The van der Waals surface area contributed by atoms with E-state index in [0.29, 0.717) is 5.92 Å². The molecule has 0 radical (unpaired) electrons. The van der Waals surface area contributed by atoms with E-state index in [9.17, 15) is 0 Å². The van der Waals surface area contributed by atoms with Crippen LogP contribution in [0.25, 0.3) is 16.8 Å². The molecule has 0 fully saturated rings. The molecule has 1 atom stereocenters. The molecule has 218 valence electrons. The summed E-state index contributed by atoms with van der Waals surface area (Å²) in [5.41, 5.74) is 4.65. The molecule has 0 aliphatic heterocycles. The van der Waals surface area contributed by atoms with Gasteiger partial charge in [-0.05, 0) is 73.3 Å². The number of benzene rings is 2. The molecule has 0 heterocycles. The van der Waals surface area contributed by atoms with Crippen LogP contribution in [-0.2, 0) is 6.54 Å². The lowest BCUT2D eigenvalue weighted by Crippen LogP contribution is -2.48. The molecular weight excluding hydrogens is 472 g/mol. The number of likely N-dealkylation sites (N-methyl/N-ethyl adjacent to an activating group) is 1. The monoisotopic (exact) mass is 534 g/mol. The molecular formula is C37H62N2+2. The molecule has 2 aromatic rings. The van der Waals surface area contributed by atoms with Gasteiger partial charge in [0.2, 0.25) is 0 Å². The molecule has 0 saturated heterocycles. The third kappa shape index (κ3) is 9.19. The second-order valence-corrected chi connectivity index (χ2v) is 13.4. The van der Waals surface area contributed by atoms with Crippen LogP contribution in [-0.4, -0.2) is 55.8 Å². The van der Waals surface area contributed by atoms with Gasteiger partial charge in [0.1, 0.15) is 6.54 Å². The van der Waals surface area contributed by atoms with Crippen molar-refractivity contribution in [2.75, 3.05) is 46.8 Å². The molecule has 0 N–H and O–H groups in total. The largest absolute Gasteiger partial charge is 0.325 e. The van der Waals surface area contributed by atoms with Gasteiger partial charge in [-0.15, -0.1) is 0 Å². The second kappa shape index (κ2) is 16.0. The Bertz CT molecular complexity index is 999. The Labute approximate surface area is 242 Å².